The minimum Gasteiger partial charge on any atom is -0.242 e. The fourth-order valence-electron chi connectivity index (χ4n) is 4.27. The number of pyridine rings is 1. The van der Waals surface area contributed by atoms with Crippen LogP contribution in [-0.2, 0) is 25.0 Å². The molecule has 0 spiro atoms. The SMILES string of the molecule is CCCCc1nc2sc3c(SCc4ccccc4)nc(SC)nc3c2c2c1CCC2. The molecule has 5 rings (SSSR count). The Morgan fingerprint density at radius 1 is 1.03 bits per heavy atom. The molecule has 1 aliphatic rings. The Morgan fingerprint density at radius 2 is 1.87 bits per heavy atom. The number of hydrogen-bond donors (Lipinski definition) is 0. The van der Waals surface area contributed by atoms with Crippen molar-refractivity contribution < 1.29 is 0 Å². The van der Waals surface area contributed by atoms with E-state index in [1.165, 1.54) is 58.2 Å². The van der Waals surface area contributed by atoms with Crippen molar-refractivity contribution >= 4 is 55.3 Å². The van der Waals surface area contributed by atoms with Crippen LogP contribution in [0.15, 0.2) is 40.5 Å². The fourth-order valence-corrected chi connectivity index (χ4v) is 6.91. The van der Waals surface area contributed by atoms with Gasteiger partial charge in [0.2, 0.25) is 0 Å². The molecule has 3 aromatic heterocycles. The third kappa shape index (κ3) is 3.74. The van der Waals surface area contributed by atoms with E-state index in [1.54, 1.807) is 23.1 Å². The van der Waals surface area contributed by atoms with Crippen molar-refractivity contribution in [2.45, 2.75) is 61.4 Å². The van der Waals surface area contributed by atoms with Gasteiger partial charge >= 0.3 is 0 Å². The number of nitrogens with zero attached hydrogens (tertiary/aromatic N) is 3. The molecule has 1 aliphatic carbocycles. The van der Waals surface area contributed by atoms with E-state index < -0.39 is 0 Å². The minimum absolute atomic E-state index is 0.861. The molecule has 0 aliphatic heterocycles. The average Bonchev–Trinajstić information content (AvgIpc) is 3.40. The van der Waals surface area contributed by atoms with Crippen molar-refractivity contribution in [3.63, 3.8) is 0 Å². The highest BCUT2D eigenvalue weighted by Crippen LogP contribution is 2.43. The summed E-state index contributed by atoms with van der Waals surface area (Å²) in [7, 11) is 0. The Morgan fingerprint density at radius 3 is 2.67 bits per heavy atom. The summed E-state index contributed by atoms with van der Waals surface area (Å²) in [4.78, 5) is 16.2. The van der Waals surface area contributed by atoms with Gasteiger partial charge in [-0.15, -0.1) is 23.1 Å². The molecule has 0 unspecified atom stereocenters. The first-order valence-electron chi connectivity index (χ1n) is 10.6. The fraction of sp³-hybridized carbons (Fsp3) is 0.375. The molecular formula is C24H25N3S3. The summed E-state index contributed by atoms with van der Waals surface area (Å²) in [5, 5.41) is 3.26. The maximum absolute atomic E-state index is 5.17. The molecule has 0 bridgehead atoms. The minimum atomic E-state index is 0.861. The highest BCUT2D eigenvalue weighted by atomic mass is 32.2. The third-order valence-electron chi connectivity index (χ3n) is 5.74. The summed E-state index contributed by atoms with van der Waals surface area (Å²) >= 11 is 5.24. The number of aryl methyl sites for hydroxylation is 2. The summed E-state index contributed by atoms with van der Waals surface area (Å²) in [5.74, 6) is 0.919. The summed E-state index contributed by atoms with van der Waals surface area (Å²) in [6.07, 6.45) is 9.15. The van der Waals surface area contributed by atoms with E-state index in [4.69, 9.17) is 15.0 Å². The van der Waals surface area contributed by atoms with Gasteiger partial charge in [-0.3, -0.25) is 0 Å². The molecule has 0 atom stereocenters. The molecule has 0 N–H and O–H groups in total. The average molecular weight is 452 g/mol. The Labute approximate surface area is 190 Å². The lowest BCUT2D eigenvalue weighted by Gasteiger charge is -2.09. The maximum atomic E-state index is 5.17. The van der Waals surface area contributed by atoms with Gasteiger partial charge in [0.15, 0.2) is 5.16 Å². The molecule has 30 heavy (non-hydrogen) atoms. The van der Waals surface area contributed by atoms with E-state index in [-0.39, 0.29) is 0 Å². The van der Waals surface area contributed by atoms with Crippen LogP contribution >= 0.6 is 34.9 Å². The number of unbranched alkanes of at least 4 members (excludes halogenated alkanes) is 1. The van der Waals surface area contributed by atoms with E-state index in [0.717, 1.165) is 39.1 Å². The summed E-state index contributed by atoms with van der Waals surface area (Å²) < 4.78 is 1.21. The lowest BCUT2D eigenvalue weighted by atomic mass is 10.0. The van der Waals surface area contributed by atoms with Crippen LogP contribution in [0, 0.1) is 0 Å². The Hall–Kier alpha value is -1.63. The van der Waals surface area contributed by atoms with Crippen LogP contribution in [0.4, 0.5) is 0 Å². The van der Waals surface area contributed by atoms with Crippen molar-refractivity contribution in [1.82, 2.24) is 15.0 Å². The molecule has 3 nitrogen and oxygen atoms in total. The van der Waals surface area contributed by atoms with Crippen LogP contribution in [0.1, 0.15) is 48.6 Å². The van der Waals surface area contributed by atoms with Gasteiger partial charge in [-0.1, -0.05) is 55.4 Å². The van der Waals surface area contributed by atoms with Crippen LogP contribution < -0.4 is 0 Å². The molecule has 154 valence electrons. The maximum Gasteiger partial charge on any atom is 0.189 e. The van der Waals surface area contributed by atoms with Crippen LogP contribution in [0.25, 0.3) is 20.4 Å². The molecular weight excluding hydrogens is 426 g/mol. The van der Waals surface area contributed by atoms with E-state index >= 15 is 0 Å². The number of aromatic nitrogens is 3. The van der Waals surface area contributed by atoms with Gasteiger partial charge in [0.1, 0.15) is 9.86 Å². The topological polar surface area (TPSA) is 38.7 Å². The first-order chi connectivity index (χ1) is 14.8. The Balaban J connectivity index is 1.65. The lowest BCUT2D eigenvalue weighted by molar-refractivity contribution is 0.770. The highest BCUT2D eigenvalue weighted by molar-refractivity contribution is 7.99. The number of rotatable bonds is 7. The number of thioether (sulfide) groups is 2. The van der Waals surface area contributed by atoms with Crippen molar-refractivity contribution in [3.05, 3.63) is 52.7 Å². The van der Waals surface area contributed by atoms with Gasteiger partial charge in [-0.05, 0) is 55.1 Å². The van der Waals surface area contributed by atoms with Gasteiger partial charge in [-0.25, -0.2) is 15.0 Å². The zero-order valence-corrected chi connectivity index (χ0v) is 19.9. The smallest absolute Gasteiger partial charge is 0.189 e. The molecule has 0 saturated heterocycles. The number of fused-ring (bicyclic) bond motifs is 5. The predicted molar refractivity (Wildman–Crippen MR) is 131 cm³/mol. The molecule has 0 radical (unpaired) electrons. The number of benzene rings is 1. The second kappa shape index (κ2) is 8.85. The predicted octanol–water partition coefficient (Wildman–Crippen LogP) is 7.09. The quantitative estimate of drug-likeness (QED) is 0.170. The van der Waals surface area contributed by atoms with E-state index in [9.17, 15) is 0 Å². The van der Waals surface area contributed by atoms with Gasteiger partial charge < -0.3 is 0 Å². The van der Waals surface area contributed by atoms with Crippen molar-refractivity contribution in [3.8, 4) is 0 Å². The number of hydrogen-bond acceptors (Lipinski definition) is 6. The lowest BCUT2D eigenvalue weighted by Crippen LogP contribution is -1.99. The third-order valence-corrected chi connectivity index (χ3v) is 8.54. The van der Waals surface area contributed by atoms with Crippen LogP contribution in [-0.4, -0.2) is 21.2 Å². The molecule has 0 saturated carbocycles. The summed E-state index contributed by atoms with van der Waals surface area (Å²) in [5.41, 5.74) is 6.81. The molecule has 3 heterocycles. The van der Waals surface area contributed by atoms with Crippen molar-refractivity contribution in [2.24, 2.45) is 0 Å². The zero-order chi connectivity index (χ0) is 20.5. The molecule has 0 fully saturated rings. The summed E-state index contributed by atoms with van der Waals surface area (Å²) in [6, 6.07) is 10.6. The van der Waals surface area contributed by atoms with E-state index in [1.807, 2.05) is 11.8 Å². The van der Waals surface area contributed by atoms with E-state index in [0.29, 0.717) is 0 Å². The van der Waals surface area contributed by atoms with Crippen molar-refractivity contribution in [2.75, 3.05) is 6.26 Å². The summed E-state index contributed by atoms with van der Waals surface area (Å²) in [6.45, 7) is 2.26. The van der Waals surface area contributed by atoms with Crippen LogP contribution in [0.2, 0.25) is 0 Å². The zero-order valence-electron chi connectivity index (χ0n) is 17.4. The Kier molecular flexibility index (Phi) is 5.98. The molecule has 6 heteroatoms. The Bertz CT molecular complexity index is 1200. The monoisotopic (exact) mass is 451 g/mol. The second-order valence-electron chi connectivity index (χ2n) is 7.72. The van der Waals surface area contributed by atoms with Gasteiger partial charge in [0, 0.05) is 16.8 Å². The standard InChI is InChI=1S/C24H25N3S3/c1-3-4-13-18-16-11-8-12-17(16)19-20-21(30-22(19)25-18)23(27-24(26-20)28-2)29-14-15-9-6-5-7-10-15/h5-7,9-10H,3-4,8,11-14H2,1-2H3. The normalized spacial score (nSPS) is 13.4. The highest BCUT2D eigenvalue weighted by Gasteiger charge is 2.24. The van der Waals surface area contributed by atoms with Gasteiger partial charge in [0.25, 0.3) is 0 Å². The second-order valence-corrected chi connectivity index (χ2v) is 10.5. The molecule has 4 aromatic rings. The largest absolute Gasteiger partial charge is 0.242 e. The van der Waals surface area contributed by atoms with E-state index in [2.05, 4.69) is 43.5 Å². The van der Waals surface area contributed by atoms with Gasteiger partial charge in [-0.2, -0.15) is 0 Å². The number of thiophene rings is 1. The first-order valence-corrected chi connectivity index (χ1v) is 13.7. The van der Waals surface area contributed by atoms with Crippen LogP contribution in [0.3, 0.4) is 0 Å². The van der Waals surface area contributed by atoms with Crippen molar-refractivity contribution in [1.29, 1.82) is 0 Å². The van der Waals surface area contributed by atoms with Gasteiger partial charge in [0.05, 0.1) is 10.2 Å². The first kappa shape index (κ1) is 20.3. The molecule has 1 aromatic carbocycles. The van der Waals surface area contributed by atoms with Crippen LogP contribution in [0.5, 0.6) is 0 Å². The molecule has 0 amide bonds.